The van der Waals surface area contributed by atoms with Crippen molar-refractivity contribution in [2.75, 3.05) is 13.2 Å². The predicted molar refractivity (Wildman–Crippen MR) is 227 cm³/mol. The zero-order valence-electron chi connectivity index (χ0n) is 35.5. The summed E-state index contributed by atoms with van der Waals surface area (Å²) >= 11 is 0. The van der Waals surface area contributed by atoms with Crippen LogP contribution < -0.4 is 5.32 Å². The average molecular weight is 750 g/mol. The van der Waals surface area contributed by atoms with Crippen molar-refractivity contribution in [3.05, 3.63) is 12.2 Å². The first kappa shape index (κ1) is 51.6. The quantitative estimate of drug-likeness (QED) is 0.0328. The van der Waals surface area contributed by atoms with Crippen molar-refractivity contribution in [3.63, 3.8) is 0 Å². The summed E-state index contributed by atoms with van der Waals surface area (Å²) in [6, 6.07) is -0.560. The first-order chi connectivity index (χ1) is 26.0. The van der Waals surface area contributed by atoms with Crippen LogP contribution in [0.2, 0.25) is 0 Å². The predicted octanol–water partition coefficient (Wildman–Crippen LogP) is 13.4. The minimum absolute atomic E-state index is 0.0337. The Morgan fingerprint density at radius 2 is 0.887 bits per heavy atom. The molecule has 0 rings (SSSR count). The number of esters is 1. The van der Waals surface area contributed by atoms with Gasteiger partial charge in [0.25, 0.3) is 0 Å². The Balaban J connectivity index is 3.50. The standard InChI is InChI=1S/C47H91NO5/c1-3-5-7-9-11-13-15-17-19-21-25-29-33-37-41-47(52)53-42-38-34-30-26-22-24-28-32-36-40-46(51)48-44(43-49)45(50)39-35-31-27-23-20-18-16-14-12-10-8-6-4-2/h15,17,44-45,49-50H,3-14,16,18-43H2,1-2H3,(H,48,51)/b17-15-. The molecular weight excluding hydrogens is 659 g/mol. The van der Waals surface area contributed by atoms with E-state index in [0.29, 0.717) is 25.9 Å². The molecule has 0 saturated carbocycles. The number of amides is 1. The molecule has 0 aromatic heterocycles. The van der Waals surface area contributed by atoms with Crippen LogP contribution in [0, 0.1) is 0 Å². The summed E-state index contributed by atoms with van der Waals surface area (Å²) in [5.41, 5.74) is 0. The molecule has 0 fully saturated rings. The number of hydrogen-bond donors (Lipinski definition) is 3. The number of aliphatic hydroxyl groups excluding tert-OH is 2. The SMILES string of the molecule is CCCCCCC/C=C\CCCCCCCC(=O)OCCCCCCCCCCCC(=O)NC(CO)C(O)CCCCCCCCCCCCCCC. The molecule has 0 aromatic carbocycles. The Kier molecular flexibility index (Phi) is 42.2. The highest BCUT2D eigenvalue weighted by Gasteiger charge is 2.20. The topological polar surface area (TPSA) is 95.9 Å². The van der Waals surface area contributed by atoms with E-state index in [9.17, 15) is 19.8 Å². The minimum atomic E-state index is -0.680. The molecule has 0 aliphatic rings. The van der Waals surface area contributed by atoms with Crippen LogP contribution in [0.5, 0.6) is 0 Å². The molecule has 0 heterocycles. The van der Waals surface area contributed by atoms with Gasteiger partial charge in [0.05, 0.1) is 25.4 Å². The van der Waals surface area contributed by atoms with Crippen molar-refractivity contribution < 1.29 is 24.5 Å². The number of unbranched alkanes of at least 4 members (excludes halogenated alkanes) is 30. The second-order valence-corrected chi connectivity index (χ2v) is 16.1. The number of rotatable bonds is 43. The van der Waals surface area contributed by atoms with Gasteiger partial charge in [-0.15, -0.1) is 0 Å². The molecule has 6 nitrogen and oxygen atoms in total. The van der Waals surface area contributed by atoms with Gasteiger partial charge in [0.1, 0.15) is 0 Å². The summed E-state index contributed by atoms with van der Waals surface area (Å²) in [6.45, 7) is 4.87. The molecule has 0 bridgehead atoms. The largest absolute Gasteiger partial charge is 0.466 e. The molecule has 0 aromatic rings. The maximum atomic E-state index is 12.4. The molecule has 2 atom stereocenters. The molecule has 0 saturated heterocycles. The molecule has 0 spiro atoms. The Labute approximate surface area is 329 Å². The van der Waals surface area contributed by atoms with Crippen molar-refractivity contribution in [2.45, 2.75) is 264 Å². The van der Waals surface area contributed by atoms with Gasteiger partial charge in [0, 0.05) is 12.8 Å². The third-order valence-electron chi connectivity index (χ3n) is 10.8. The first-order valence-electron chi connectivity index (χ1n) is 23.4. The van der Waals surface area contributed by atoms with Gasteiger partial charge in [0.15, 0.2) is 0 Å². The van der Waals surface area contributed by atoms with Crippen LogP contribution in [-0.2, 0) is 14.3 Å². The lowest BCUT2D eigenvalue weighted by Crippen LogP contribution is -2.45. The highest BCUT2D eigenvalue weighted by molar-refractivity contribution is 5.76. The van der Waals surface area contributed by atoms with Crippen LogP contribution in [0.15, 0.2) is 12.2 Å². The lowest BCUT2D eigenvalue weighted by atomic mass is 10.0. The van der Waals surface area contributed by atoms with Gasteiger partial charge in [-0.3, -0.25) is 9.59 Å². The lowest BCUT2D eigenvalue weighted by molar-refractivity contribution is -0.143. The number of aliphatic hydroxyl groups is 2. The van der Waals surface area contributed by atoms with Crippen molar-refractivity contribution in [3.8, 4) is 0 Å². The molecule has 6 heteroatoms. The van der Waals surface area contributed by atoms with E-state index in [1.54, 1.807) is 0 Å². The van der Waals surface area contributed by atoms with Crippen LogP contribution >= 0.6 is 0 Å². The first-order valence-corrected chi connectivity index (χ1v) is 23.4. The highest BCUT2D eigenvalue weighted by Crippen LogP contribution is 2.16. The maximum absolute atomic E-state index is 12.4. The summed E-state index contributed by atoms with van der Waals surface area (Å²) in [5.74, 6) is -0.0970. The molecule has 53 heavy (non-hydrogen) atoms. The molecule has 3 N–H and O–H groups in total. The Morgan fingerprint density at radius 3 is 1.34 bits per heavy atom. The van der Waals surface area contributed by atoms with E-state index in [1.165, 1.54) is 161 Å². The van der Waals surface area contributed by atoms with Gasteiger partial charge in [-0.25, -0.2) is 0 Å². The zero-order valence-corrected chi connectivity index (χ0v) is 35.5. The van der Waals surface area contributed by atoms with Gasteiger partial charge in [-0.1, -0.05) is 199 Å². The van der Waals surface area contributed by atoms with Gasteiger partial charge >= 0.3 is 5.97 Å². The fourth-order valence-corrected chi connectivity index (χ4v) is 7.16. The van der Waals surface area contributed by atoms with Crippen LogP contribution in [-0.4, -0.2) is 47.4 Å². The summed E-state index contributed by atoms with van der Waals surface area (Å²) in [5, 5.41) is 23.1. The number of hydrogen-bond acceptors (Lipinski definition) is 5. The van der Waals surface area contributed by atoms with Gasteiger partial charge in [-0.2, -0.15) is 0 Å². The van der Waals surface area contributed by atoms with Crippen molar-refractivity contribution >= 4 is 11.9 Å². The third-order valence-corrected chi connectivity index (χ3v) is 10.8. The van der Waals surface area contributed by atoms with E-state index in [4.69, 9.17) is 4.74 Å². The summed E-state index contributed by atoms with van der Waals surface area (Å²) in [6.07, 6.45) is 47.3. The smallest absolute Gasteiger partial charge is 0.305 e. The van der Waals surface area contributed by atoms with Crippen molar-refractivity contribution in [1.82, 2.24) is 5.32 Å². The fraction of sp³-hybridized carbons (Fsp3) is 0.915. The van der Waals surface area contributed by atoms with Gasteiger partial charge in [0.2, 0.25) is 5.91 Å². The molecule has 0 radical (unpaired) electrons. The van der Waals surface area contributed by atoms with E-state index < -0.39 is 12.1 Å². The van der Waals surface area contributed by atoms with E-state index in [-0.39, 0.29) is 18.5 Å². The second-order valence-electron chi connectivity index (χ2n) is 16.1. The van der Waals surface area contributed by atoms with E-state index in [0.717, 1.165) is 57.8 Å². The van der Waals surface area contributed by atoms with E-state index in [2.05, 4.69) is 31.3 Å². The zero-order chi connectivity index (χ0) is 38.7. The summed E-state index contributed by atoms with van der Waals surface area (Å²) in [4.78, 5) is 24.4. The Morgan fingerprint density at radius 1 is 0.509 bits per heavy atom. The fourth-order valence-electron chi connectivity index (χ4n) is 7.16. The molecule has 314 valence electrons. The highest BCUT2D eigenvalue weighted by atomic mass is 16.5. The van der Waals surface area contributed by atoms with Crippen LogP contribution in [0.3, 0.4) is 0 Å². The summed E-state index contributed by atoms with van der Waals surface area (Å²) < 4.78 is 5.43. The molecular formula is C47H91NO5. The average Bonchev–Trinajstić information content (AvgIpc) is 3.16. The van der Waals surface area contributed by atoms with Crippen molar-refractivity contribution in [1.29, 1.82) is 0 Å². The monoisotopic (exact) mass is 750 g/mol. The normalized spacial score (nSPS) is 12.8. The van der Waals surface area contributed by atoms with Gasteiger partial charge in [-0.05, 0) is 51.4 Å². The number of ether oxygens (including phenoxy) is 1. The molecule has 0 aliphatic carbocycles. The number of nitrogens with one attached hydrogen (secondary N) is 1. The number of carbonyl (C=O) groups excluding carboxylic acids is 2. The molecule has 1 amide bonds. The van der Waals surface area contributed by atoms with E-state index in [1.807, 2.05) is 0 Å². The van der Waals surface area contributed by atoms with Crippen LogP contribution in [0.4, 0.5) is 0 Å². The minimum Gasteiger partial charge on any atom is -0.466 e. The lowest BCUT2D eigenvalue weighted by Gasteiger charge is -2.22. The van der Waals surface area contributed by atoms with Gasteiger partial charge < -0.3 is 20.3 Å². The molecule has 2 unspecified atom stereocenters. The van der Waals surface area contributed by atoms with Crippen LogP contribution in [0.25, 0.3) is 0 Å². The van der Waals surface area contributed by atoms with E-state index >= 15 is 0 Å². The third kappa shape index (κ3) is 40.1. The second kappa shape index (κ2) is 43.3. The number of carbonyl (C=O) groups is 2. The van der Waals surface area contributed by atoms with Crippen molar-refractivity contribution in [2.24, 2.45) is 0 Å². The van der Waals surface area contributed by atoms with Crippen LogP contribution in [0.1, 0.15) is 251 Å². The summed E-state index contributed by atoms with van der Waals surface area (Å²) in [7, 11) is 0. The number of allylic oxidation sites excluding steroid dienone is 2. The Bertz CT molecular complexity index is 787. The molecule has 0 aliphatic heterocycles. The Hall–Kier alpha value is -1.40. The maximum Gasteiger partial charge on any atom is 0.305 e.